The van der Waals surface area contributed by atoms with Crippen LogP contribution in [0.5, 0.6) is 6.01 Å². The standard InChI is InChI=1S/C14H18FN5O/c1-4-16-12-17-13(19-14(18-12)21-3)20(5-2)11-9-7-6-8-10(11)15/h6-9H,4-5H2,1-3H3,(H,16,17,18,19). The predicted molar refractivity (Wildman–Crippen MR) is 79.6 cm³/mol. The highest BCUT2D eigenvalue weighted by molar-refractivity contribution is 5.58. The fraction of sp³-hybridized carbons (Fsp3) is 0.357. The van der Waals surface area contributed by atoms with Crippen molar-refractivity contribution in [1.29, 1.82) is 0 Å². The molecular formula is C14H18FN5O. The van der Waals surface area contributed by atoms with Crippen molar-refractivity contribution < 1.29 is 9.13 Å². The number of halogens is 1. The van der Waals surface area contributed by atoms with Crippen LogP contribution < -0.4 is 15.0 Å². The molecule has 0 fully saturated rings. The quantitative estimate of drug-likeness (QED) is 0.882. The van der Waals surface area contributed by atoms with Gasteiger partial charge in [-0.15, -0.1) is 0 Å². The molecule has 1 aromatic carbocycles. The van der Waals surface area contributed by atoms with Crippen molar-refractivity contribution in [2.24, 2.45) is 0 Å². The van der Waals surface area contributed by atoms with Crippen LogP contribution in [0.2, 0.25) is 0 Å². The van der Waals surface area contributed by atoms with Crippen molar-refractivity contribution in [3.05, 3.63) is 30.1 Å². The van der Waals surface area contributed by atoms with Gasteiger partial charge in [0.05, 0.1) is 12.8 Å². The summed E-state index contributed by atoms with van der Waals surface area (Å²) < 4.78 is 19.1. The summed E-state index contributed by atoms with van der Waals surface area (Å²) in [5.41, 5.74) is 0.413. The number of nitrogens with one attached hydrogen (secondary N) is 1. The molecule has 1 aromatic heterocycles. The molecule has 0 unspecified atom stereocenters. The highest BCUT2D eigenvalue weighted by atomic mass is 19.1. The lowest BCUT2D eigenvalue weighted by molar-refractivity contribution is 0.379. The largest absolute Gasteiger partial charge is 0.467 e. The molecule has 1 heterocycles. The summed E-state index contributed by atoms with van der Waals surface area (Å²) >= 11 is 0. The number of rotatable bonds is 6. The number of anilines is 3. The molecule has 0 saturated carbocycles. The van der Waals surface area contributed by atoms with E-state index in [1.807, 2.05) is 13.8 Å². The van der Waals surface area contributed by atoms with Crippen LogP contribution in [-0.4, -0.2) is 35.2 Å². The van der Waals surface area contributed by atoms with E-state index < -0.39 is 0 Å². The van der Waals surface area contributed by atoms with Crippen LogP contribution in [0.3, 0.4) is 0 Å². The van der Waals surface area contributed by atoms with E-state index in [0.717, 1.165) is 0 Å². The molecule has 0 aliphatic rings. The fourth-order valence-electron chi connectivity index (χ4n) is 1.89. The van der Waals surface area contributed by atoms with Gasteiger partial charge in [0.1, 0.15) is 5.82 Å². The molecule has 0 aliphatic carbocycles. The average Bonchev–Trinajstić information content (AvgIpc) is 2.50. The van der Waals surface area contributed by atoms with Gasteiger partial charge in [-0.3, -0.25) is 0 Å². The van der Waals surface area contributed by atoms with Gasteiger partial charge in [0, 0.05) is 13.1 Å². The smallest absolute Gasteiger partial charge is 0.322 e. The zero-order valence-electron chi connectivity index (χ0n) is 12.3. The minimum Gasteiger partial charge on any atom is -0.467 e. The molecule has 0 saturated heterocycles. The van der Waals surface area contributed by atoms with Crippen LogP contribution in [0.25, 0.3) is 0 Å². The summed E-state index contributed by atoms with van der Waals surface area (Å²) in [7, 11) is 1.48. The first-order chi connectivity index (χ1) is 10.2. The Morgan fingerprint density at radius 3 is 2.57 bits per heavy atom. The Hall–Kier alpha value is -2.44. The van der Waals surface area contributed by atoms with E-state index in [1.54, 1.807) is 23.1 Å². The van der Waals surface area contributed by atoms with Crippen LogP contribution in [-0.2, 0) is 0 Å². The van der Waals surface area contributed by atoms with Gasteiger partial charge in [-0.2, -0.15) is 15.0 Å². The van der Waals surface area contributed by atoms with Crippen molar-refractivity contribution in [3.8, 4) is 6.01 Å². The van der Waals surface area contributed by atoms with E-state index >= 15 is 0 Å². The molecule has 1 N–H and O–H groups in total. The van der Waals surface area contributed by atoms with Gasteiger partial charge in [0.2, 0.25) is 11.9 Å². The summed E-state index contributed by atoms with van der Waals surface area (Å²) in [6.45, 7) is 5.01. The van der Waals surface area contributed by atoms with Crippen molar-refractivity contribution in [3.63, 3.8) is 0 Å². The van der Waals surface area contributed by atoms with Crippen molar-refractivity contribution in [2.75, 3.05) is 30.4 Å². The first-order valence-electron chi connectivity index (χ1n) is 6.75. The normalized spacial score (nSPS) is 10.3. The molecule has 0 bridgehead atoms. The van der Waals surface area contributed by atoms with Gasteiger partial charge in [0.15, 0.2) is 0 Å². The fourth-order valence-corrected chi connectivity index (χ4v) is 1.89. The number of hydrogen-bond acceptors (Lipinski definition) is 6. The Balaban J connectivity index is 2.46. The lowest BCUT2D eigenvalue weighted by atomic mass is 10.3. The van der Waals surface area contributed by atoms with Gasteiger partial charge in [0.25, 0.3) is 0 Å². The van der Waals surface area contributed by atoms with Crippen LogP contribution >= 0.6 is 0 Å². The Bertz CT molecular complexity index is 608. The number of ether oxygens (including phenoxy) is 1. The Morgan fingerprint density at radius 2 is 1.95 bits per heavy atom. The van der Waals surface area contributed by atoms with E-state index in [0.29, 0.717) is 30.7 Å². The monoisotopic (exact) mass is 291 g/mol. The molecule has 112 valence electrons. The topological polar surface area (TPSA) is 63.2 Å². The van der Waals surface area contributed by atoms with E-state index in [1.165, 1.54) is 13.2 Å². The third-order valence-corrected chi connectivity index (χ3v) is 2.82. The summed E-state index contributed by atoms with van der Waals surface area (Å²) in [4.78, 5) is 14.3. The molecular weight excluding hydrogens is 273 g/mol. The summed E-state index contributed by atoms with van der Waals surface area (Å²) in [5, 5.41) is 3.01. The van der Waals surface area contributed by atoms with Crippen LogP contribution in [0.15, 0.2) is 24.3 Å². The second-order valence-corrected chi connectivity index (χ2v) is 4.17. The molecule has 0 radical (unpaired) electrons. The maximum atomic E-state index is 14.0. The van der Waals surface area contributed by atoms with Crippen LogP contribution in [0.4, 0.5) is 22.0 Å². The summed E-state index contributed by atoms with van der Waals surface area (Å²) in [6, 6.07) is 6.68. The third-order valence-electron chi connectivity index (χ3n) is 2.82. The van der Waals surface area contributed by atoms with Gasteiger partial charge < -0.3 is 15.0 Å². The van der Waals surface area contributed by atoms with Gasteiger partial charge in [-0.05, 0) is 26.0 Å². The molecule has 0 atom stereocenters. The third kappa shape index (κ3) is 3.36. The second kappa shape index (κ2) is 6.83. The van der Waals surface area contributed by atoms with Crippen LogP contribution in [0.1, 0.15) is 13.8 Å². The Kier molecular flexibility index (Phi) is 4.86. The van der Waals surface area contributed by atoms with Crippen molar-refractivity contribution >= 4 is 17.6 Å². The number of benzene rings is 1. The molecule has 0 spiro atoms. The zero-order valence-corrected chi connectivity index (χ0v) is 12.3. The SMILES string of the molecule is CCNc1nc(OC)nc(N(CC)c2ccccc2F)n1. The zero-order chi connectivity index (χ0) is 15.2. The van der Waals surface area contributed by atoms with Crippen molar-refractivity contribution in [1.82, 2.24) is 15.0 Å². The average molecular weight is 291 g/mol. The first-order valence-corrected chi connectivity index (χ1v) is 6.75. The molecule has 0 aliphatic heterocycles. The van der Waals surface area contributed by atoms with E-state index in [2.05, 4.69) is 20.3 Å². The maximum Gasteiger partial charge on any atom is 0.322 e. The maximum absolute atomic E-state index is 14.0. The lowest BCUT2D eigenvalue weighted by Gasteiger charge is -2.21. The molecule has 21 heavy (non-hydrogen) atoms. The molecule has 6 nitrogen and oxygen atoms in total. The van der Waals surface area contributed by atoms with E-state index in [-0.39, 0.29) is 11.8 Å². The molecule has 2 rings (SSSR count). The first kappa shape index (κ1) is 15.0. The number of hydrogen-bond donors (Lipinski definition) is 1. The summed E-state index contributed by atoms with van der Waals surface area (Å²) in [6.07, 6.45) is 0. The number of para-hydroxylation sites is 1. The number of nitrogens with zero attached hydrogens (tertiary/aromatic N) is 4. The van der Waals surface area contributed by atoms with Crippen molar-refractivity contribution in [2.45, 2.75) is 13.8 Å². The van der Waals surface area contributed by atoms with Gasteiger partial charge >= 0.3 is 6.01 Å². The number of aromatic nitrogens is 3. The number of methoxy groups -OCH3 is 1. The Morgan fingerprint density at radius 1 is 1.19 bits per heavy atom. The highest BCUT2D eigenvalue weighted by Gasteiger charge is 2.17. The minimum absolute atomic E-state index is 0.186. The highest BCUT2D eigenvalue weighted by Crippen LogP contribution is 2.26. The van der Waals surface area contributed by atoms with Crippen LogP contribution in [0, 0.1) is 5.82 Å². The van der Waals surface area contributed by atoms with Gasteiger partial charge in [-0.1, -0.05) is 12.1 Å². The lowest BCUT2D eigenvalue weighted by Crippen LogP contribution is -2.21. The minimum atomic E-state index is -0.330. The second-order valence-electron chi connectivity index (χ2n) is 4.17. The molecule has 0 amide bonds. The van der Waals surface area contributed by atoms with E-state index in [4.69, 9.17) is 4.74 Å². The molecule has 7 heteroatoms. The van der Waals surface area contributed by atoms with E-state index in [9.17, 15) is 4.39 Å². The molecule has 2 aromatic rings. The Labute approximate surface area is 123 Å². The van der Waals surface area contributed by atoms with Gasteiger partial charge in [-0.25, -0.2) is 4.39 Å². The predicted octanol–water partition coefficient (Wildman–Crippen LogP) is 2.61. The summed E-state index contributed by atoms with van der Waals surface area (Å²) in [5.74, 6) is 0.406.